The molecule has 2 heterocycles. The number of amides is 1. The summed E-state index contributed by atoms with van der Waals surface area (Å²) in [5, 5.41) is 0.818. The van der Waals surface area contributed by atoms with E-state index in [0.717, 1.165) is 27.6 Å². The average molecular weight is 431 g/mol. The Morgan fingerprint density at radius 1 is 1.00 bits per heavy atom. The molecule has 4 aromatic rings. The van der Waals surface area contributed by atoms with E-state index in [1.54, 1.807) is 18.0 Å². The largest absolute Gasteiger partial charge is 0.337 e. The van der Waals surface area contributed by atoms with Gasteiger partial charge in [-0.3, -0.25) is 9.36 Å². The summed E-state index contributed by atoms with van der Waals surface area (Å²) in [6.07, 6.45) is 1.75. The minimum absolute atomic E-state index is 0.0634. The van der Waals surface area contributed by atoms with E-state index in [0.29, 0.717) is 13.1 Å². The van der Waals surface area contributed by atoms with Crippen LogP contribution in [-0.2, 0) is 23.6 Å². The van der Waals surface area contributed by atoms with Gasteiger partial charge in [-0.05, 0) is 37.1 Å². The van der Waals surface area contributed by atoms with Crippen LogP contribution in [0.3, 0.4) is 0 Å². The van der Waals surface area contributed by atoms with E-state index < -0.39 is 0 Å². The number of imidazole rings is 1. The lowest BCUT2D eigenvalue weighted by Gasteiger charge is -2.22. The number of thioether (sulfide) groups is 1. The lowest BCUT2D eigenvalue weighted by Crippen LogP contribution is -2.33. The van der Waals surface area contributed by atoms with E-state index in [1.165, 1.54) is 11.1 Å². The number of likely N-dealkylation sites (N-methyl/N-ethyl adjacent to an activating group) is 1. The van der Waals surface area contributed by atoms with E-state index in [1.807, 2.05) is 58.9 Å². The van der Waals surface area contributed by atoms with Crippen LogP contribution in [0, 0.1) is 6.92 Å². The van der Waals surface area contributed by atoms with Crippen LogP contribution < -0.4 is 0 Å². The molecule has 0 bridgehead atoms. The van der Waals surface area contributed by atoms with Gasteiger partial charge in [0.05, 0.1) is 0 Å². The molecule has 0 aliphatic carbocycles. The summed E-state index contributed by atoms with van der Waals surface area (Å²) in [4.78, 5) is 24.3. The molecule has 0 fully saturated rings. The number of nitrogens with zero attached hydrogens (tertiary/aromatic N) is 4. The van der Waals surface area contributed by atoms with Gasteiger partial charge in [0.2, 0.25) is 5.91 Å². The van der Waals surface area contributed by atoms with Gasteiger partial charge in [-0.2, -0.15) is 0 Å². The summed E-state index contributed by atoms with van der Waals surface area (Å²) in [5.41, 5.74) is 5.16. The third-order valence-corrected chi connectivity index (χ3v) is 6.25. The highest BCUT2D eigenvalue weighted by Crippen LogP contribution is 2.26. The van der Waals surface area contributed by atoms with Crippen molar-refractivity contribution in [1.29, 1.82) is 0 Å². The quantitative estimate of drug-likeness (QED) is 0.366. The SMILES string of the molecule is CCN(Cc1ccccc1)C(=O)Cn1c(SCc2ccc(C)cc2)nc2cccnc21. The number of benzene rings is 2. The smallest absolute Gasteiger partial charge is 0.242 e. The second kappa shape index (κ2) is 9.79. The number of hydrogen-bond acceptors (Lipinski definition) is 4. The third-order valence-electron chi connectivity index (χ3n) is 5.20. The van der Waals surface area contributed by atoms with Crippen LogP contribution in [0.5, 0.6) is 0 Å². The number of rotatable bonds is 8. The lowest BCUT2D eigenvalue weighted by atomic mass is 10.2. The Kier molecular flexibility index (Phi) is 6.67. The Labute approximate surface area is 187 Å². The van der Waals surface area contributed by atoms with Crippen LogP contribution in [0.15, 0.2) is 78.1 Å². The third kappa shape index (κ3) is 5.14. The molecule has 0 aliphatic heterocycles. The number of pyridine rings is 1. The molecule has 2 aromatic carbocycles. The number of carbonyl (C=O) groups excluding carboxylic acids is 1. The Hall–Kier alpha value is -3.12. The molecule has 4 rings (SSSR count). The monoisotopic (exact) mass is 430 g/mol. The molecule has 2 aromatic heterocycles. The lowest BCUT2D eigenvalue weighted by molar-refractivity contribution is -0.132. The number of hydrogen-bond donors (Lipinski definition) is 0. The van der Waals surface area contributed by atoms with Gasteiger partial charge < -0.3 is 4.90 Å². The molecule has 6 heteroatoms. The number of aryl methyl sites for hydroxylation is 1. The van der Waals surface area contributed by atoms with E-state index in [2.05, 4.69) is 36.2 Å². The van der Waals surface area contributed by atoms with Crippen molar-refractivity contribution in [3.8, 4) is 0 Å². The van der Waals surface area contributed by atoms with Crippen LogP contribution in [-0.4, -0.2) is 31.9 Å². The van der Waals surface area contributed by atoms with Crippen molar-refractivity contribution in [2.75, 3.05) is 6.54 Å². The molecular weight excluding hydrogens is 404 g/mol. The first-order chi connectivity index (χ1) is 15.1. The highest BCUT2D eigenvalue weighted by atomic mass is 32.2. The van der Waals surface area contributed by atoms with Crippen molar-refractivity contribution < 1.29 is 4.79 Å². The molecule has 0 spiro atoms. The van der Waals surface area contributed by atoms with Crippen molar-refractivity contribution in [2.45, 2.75) is 37.8 Å². The predicted octanol–water partition coefficient (Wildman–Crippen LogP) is 5.08. The van der Waals surface area contributed by atoms with Gasteiger partial charge in [-0.25, -0.2) is 9.97 Å². The van der Waals surface area contributed by atoms with Gasteiger partial charge in [0, 0.05) is 25.0 Å². The second-order valence-electron chi connectivity index (χ2n) is 7.49. The topological polar surface area (TPSA) is 51.0 Å². The molecule has 0 aliphatic rings. The zero-order valence-corrected chi connectivity index (χ0v) is 18.7. The Morgan fingerprint density at radius 2 is 1.77 bits per heavy atom. The fraction of sp³-hybridized carbons (Fsp3) is 0.240. The molecular formula is C25H26N4OS. The van der Waals surface area contributed by atoms with Gasteiger partial charge in [0.15, 0.2) is 10.8 Å². The molecule has 0 N–H and O–H groups in total. The van der Waals surface area contributed by atoms with Crippen molar-refractivity contribution in [3.63, 3.8) is 0 Å². The molecule has 1 amide bonds. The minimum Gasteiger partial charge on any atom is -0.337 e. The van der Waals surface area contributed by atoms with Crippen molar-refractivity contribution in [3.05, 3.63) is 89.6 Å². The highest BCUT2D eigenvalue weighted by Gasteiger charge is 2.19. The minimum atomic E-state index is 0.0634. The summed E-state index contributed by atoms with van der Waals surface area (Å²) in [6, 6.07) is 22.4. The highest BCUT2D eigenvalue weighted by molar-refractivity contribution is 7.98. The maximum absolute atomic E-state index is 13.2. The number of carbonyl (C=O) groups is 1. The zero-order valence-electron chi connectivity index (χ0n) is 17.9. The van der Waals surface area contributed by atoms with Gasteiger partial charge in [-0.1, -0.05) is 71.9 Å². The standard InChI is InChI=1S/C25H26N4OS/c1-3-28(16-20-8-5-4-6-9-20)23(30)17-29-24-22(10-7-15-26-24)27-25(29)31-18-21-13-11-19(2)12-14-21/h4-15H,3,16-18H2,1-2H3. The summed E-state index contributed by atoms with van der Waals surface area (Å²) < 4.78 is 1.95. The van der Waals surface area contributed by atoms with Crippen LogP contribution in [0.4, 0.5) is 0 Å². The van der Waals surface area contributed by atoms with Crippen LogP contribution in [0.1, 0.15) is 23.6 Å². The number of aromatic nitrogens is 3. The van der Waals surface area contributed by atoms with Crippen LogP contribution in [0.2, 0.25) is 0 Å². The maximum Gasteiger partial charge on any atom is 0.242 e. The Morgan fingerprint density at radius 3 is 2.52 bits per heavy atom. The molecule has 5 nitrogen and oxygen atoms in total. The Bertz CT molecular complexity index is 1160. The van der Waals surface area contributed by atoms with Crippen LogP contribution in [0.25, 0.3) is 11.2 Å². The van der Waals surface area contributed by atoms with Gasteiger partial charge in [-0.15, -0.1) is 0 Å². The fourth-order valence-electron chi connectivity index (χ4n) is 3.44. The zero-order chi connectivity index (χ0) is 21.6. The Balaban J connectivity index is 1.55. The first kappa shape index (κ1) is 21.1. The molecule has 0 unspecified atom stereocenters. The fourth-order valence-corrected chi connectivity index (χ4v) is 4.40. The summed E-state index contributed by atoms with van der Waals surface area (Å²) in [7, 11) is 0. The summed E-state index contributed by atoms with van der Waals surface area (Å²) in [6.45, 7) is 5.58. The van der Waals surface area contributed by atoms with E-state index >= 15 is 0 Å². The van der Waals surface area contributed by atoms with Gasteiger partial charge in [0.1, 0.15) is 12.1 Å². The normalized spacial score (nSPS) is 11.0. The summed E-state index contributed by atoms with van der Waals surface area (Å²) in [5.74, 6) is 0.854. The molecule has 0 atom stereocenters. The van der Waals surface area contributed by atoms with Crippen LogP contribution >= 0.6 is 11.8 Å². The molecule has 0 saturated heterocycles. The van der Waals surface area contributed by atoms with Crippen molar-refractivity contribution in [1.82, 2.24) is 19.4 Å². The van der Waals surface area contributed by atoms with E-state index in [4.69, 9.17) is 4.98 Å². The molecule has 158 valence electrons. The van der Waals surface area contributed by atoms with Crippen molar-refractivity contribution in [2.24, 2.45) is 0 Å². The maximum atomic E-state index is 13.2. The van der Waals surface area contributed by atoms with Gasteiger partial charge >= 0.3 is 0 Å². The van der Waals surface area contributed by atoms with Crippen molar-refractivity contribution >= 4 is 28.8 Å². The average Bonchev–Trinajstić information content (AvgIpc) is 3.15. The first-order valence-corrected chi connectivity index (χ1v) is 11.4. The molecule has 0 saturated carbocycles. The predicted molar refractivity (Wildman–Crippen MR) is 126 cm³/mol. The summed E-state index contributed by atoms with van der Waals surface area (Å²) >= 11 is 1.64. The molecule has 0 radical (unpaired) electrons. The van der Waals surface area contributed by atoms with E-state index in [-0.39, 0.29) is 12.5 Å². The second-order valence-corrected chi connectivity index (χ2v) is 8.44. The molecule has 31 heavy (non-hydrogen) atoms. The van der Waals surface area contributed by atoms with E-state index in [9.17, 15) is 4.79 Å². The number of fused-ring (bicyclic) bond motifs is 1. The first-order valence-electron chi connectivity index (χ1n) is 10.5. The van der Waals surface area contributed by atoms with Gasteiger partial charge in [0.25, 0.3) is 0 Å².